The molecule has 0 aromatic heterocycles. The molecule has 0 aliphatic heterocycles. The average Bonchev–Trinajstić information content (AvgIpc) is 2.31. The second kappa shape index (κ2) is 8.95. The smallest absolute Gasteiger partial charge is 0.0824 e. The molecule has 2 N–H and O–H groups in total. The van der Waals surface area contributed by atoms with E-state index in [4.69, 9.17) is 14.2 Å². The molecular formula is C19H40O5. The molecule has 0 heterocycles. The topological polar surface area (TPSA) is 68.2 Å². The van der Waals surface area contributed by atoms with Crippen molar-refractivity contribution in [1.29, 1.82) is 0 Å². The predicted molar refractivity (Wildman–Crippen MR) is 97.3 cm³/mol. The molecule has 0 spiro atoms. The van der Waals surface area contributed by atoms with Gasteiger partial charge in [0, 0.05) is 19.4 Å². The van der Waals surface area contributed by atoms with Gasteiger partial charge in [-0.25, -0.2) is 0 Å². The minimum Gasteiger partial charge on any atom is -0.388 e. The first-order valence-corrected chi connectivity index (χ1v) is 8.90. The van der Waals surface area contributed by atoms with Crippen LogP contribution in [0.15, 0.2) is 0 Å². The number of hydrogen-bond acceptors (Lipinski definition) is 5. The predicted octanol–water partition coefficient (Wildman–Crippen LogP) is 3.30. The lowest BCUT2D eigenvalue weighted by molar-refractivity contribution is -0.137. The maximum atomic E-state index is 9.96. The van der Waals surface area contributed by atoms with Crippen molar-refractivity contribution in [2.24, 2.45) is 0 Å². The first-order valence-electron chi connectivity index (χ1n) is 8.90. The Morgan fingerprint density at radius 3 is 1.50 bits per heavy atom. The summed E-state index contributed by atoms with van der Waals surface area (Å²) in [4.78, 5) is 0. The second-order valence-corrected chi connectivity index (χ2v) is 9.21. The summed E-state index contributed by atoms with van der Waals surface area (Å²) in [6.07, 6.45) is 1.23. The molecule has 1 atom stereocenters. The first kappa shape index (κ1) is 23.8. The van der Waals surface area contributed by atoms with Crippen molar-refractivity contribution in [3.63, 3.8) is 0 Å². The SMILES string of the molecule is CCOC(C)(C)CC(CC(C)(C)OCC(C)(C)O)OCC(C)(C)O. The Labute approximate surface area is 148 Å². The molecule has 0 fully saturated rings. The van der Waals surface area contributed by atoms with Crippen molar-refractivity contribution >= 4 is 0 Å². The Kier molecular flexibility index (Phi) is 8.87. The van der Waals surface area contributed by atoms with Crippen LogP contribution in [-0.4, -0.2) is 58.5 Å². The fourth-order valence-electron chi connectivity index (χ4n) is 2.49. The fraction of sp³-hybridized carbons (Fsp3) is 1.00. The zero-order valence-electron chi connectivity index (χ0n) is 17.2. The van der Waals surface area contributed by atoms with Crippen LogP contribution in [0, 0.1) is 0 Å². The molecular weight excluding hydrogens is 308 g/mol. The van der Waals surface area contributed by atoms with Crippen LogP contribution in [0.5, 0.6) is 0 Å². The highest BCUT2D eigenvalue weighted by molar-refractivity contribution is 4.83. The maximum absolute atomic E-state index is 9.96. The quantitative estimate of drug-likeness (QED) is 0.566. The normalized spacial score (nSPS) is 15.6. The molecule has 1 unspecified atom stereocenters. The molecule has 146 valence electrons. The molecule has 0 radical (unpaired) electrons. The molecule has 0 amide bonds. The van der Waals surface area contributed by atoms with Gasteiger partial charge in [-0.05, 0) is 62.3 Å². The number of aliphatic hydroxyl groups is 2. The molecule has 5 nitrogen and oxygen atoms in total. The van der Waals surface area contributed by atoms with Crippen LogP contribution in [0.4, 0.5) is 0 Å². The number of hydrogen-bond donors (Lipinski definition) is 2. The standard InChI is InChI=1S/C19H40O5/c1-10-23-18(6,7)11-15(22-13-16(2,3)20)12-19(8,9)24-14-17(4,5)21/h15,20-21H,10-14H2,1-9H3. The van der Waals surface area contributed by atoms with E-state index in [1.807, 2.05) is 34.6 Å². The summed E-state index contributed by atoms with van der Waals surface area (Å²) in [7, 11) is 0. The molecule has 5 heteroatoms. The van der Waals surface area contributed by atoms with Crippen molar-refractivity contribution < 1.29 is 24.4 Å². The minimum atomic E-state index is -0.883. The summed E-state index contributed by atoms with van der Waals surface area (Å²) in [6, 6.07) is 0. The van der Waals surface area contributed by atoms with Crippen LogP contribution in [0.25, 0.3) is 0 Å². The van der Waals surface area contributed by atoms with Crippen molar-refractivity contribution in [3.05, 3.63) is 0 Å². The van der Waals surface area contributed by atoms with Crippen LogP contribution in [0.2, 0.25) is 0 Å². The van der Waals surface area contributed by atoms with Crippen LogP contribution >= 0.6 is 0 Å². The monoisotopic (exact) mass is 348 g/mol. The van der Waals surface area contributed by atoms with Gasteiger partial charge in [-0.2, -0.15) is 0 Å². The molecule has 0 aliphatic rings. The molecule has 0 aromatic carbocycles. The van der Waals surface area contributed by atoms with Gasteiger partial charge in [0.15, 0.2) is 0 Å². The first-order chi connectivity index (χ1) is 10.6. The van der Waals surface area contributed by atoms with E-state index in [1.165, 1.54) is 0 Å². The van der Waals surface area contributed by atoms with Gasteiger partial charge >= 0.3 is 0 Å². The Morgan fingerprint density at radius 2 is 1.12 bits per heavy atom. The highest BCUT2D eigenvalue weighted by atomic mass is 16.5. The fourth-order valence-corrected chi connectivity index (χ4v) is 2.49. The van der Waals surface area contributed by atoms with Gasteiger partial charge in [-0.1, -0.05) is 0 Å². The van der Waals surface area contributed by atoms with Gasteiger partial charge in [0.05, 0.1) is 41.7 Å². The third-order valence-corrected chi connectivity index (χ3v) is 3.46. The third kappa shape index (κ3) is 13.1. The van der Waals surface area contributed by atoms with Crippen molar-refractivity contribution in [2.75, 3.05) is 19.8 Å². The summed E-state index contributed by atoms with van der Waals surface area (Å²) >= 11 is 0. The second-order valence-electron chi connectivity index (χ2n) is 9.21. The molecule has 0 bridgehead atoms. The minimum absolute atomic E-state index is 0.116. The Hall–Kier alpha value is -0.200. The van der Waals surface area contributed by atoms with Crippen LogP contribution in [0.1, 0.15) is 75.2 Å². The third-order valence-electron chi connectivity index (χ3n) is 3.46. The van der Waals surface area contributed by atoms with Gasteiger partial charge in [0.25, 0.3) is 0 Å². The zero-order chi connectivity index (χ0) is 19.2. The molecule has 0 saturated carbocycles. The van der Waals surface area contributed by atoms with Gasteiger partial charge < -0.3 is 24.4 Å². The van der Waals surface area contributed by atoms with E-state index < -0.39 is 16.8 Å². The summed E-state index contributed by atoms with van der Waals surface area (Å²) in [6.45, 7) is 18.1. The average molecular weight is 349 g/mol. The molecule has 0 aromatic rings. The van der Waals surface area contributed by atoms with E-state index in [9.17, 15) is 10.2 Å². The largest absolute Gasteiger partial charge is 0.388 e. The van der Waals surface area contributed by atoms with Gasteiger partial charge in [-0.3, -0.25) is 0 Å². The van der Waals surface area contributed by atoms with E-state index in [0.717, 1.165) is 0 Å². The van der Waals surface area contributed by atoms with E-state index in [1.54, 1.807) is 27.7 Å². The maximum Gasteiger partial charge on any atom is 0.0824 e. The molecule has 0 aliphatic carbocycles. The highest BCUT2D eigenvalue weighted by Crippen LogP contribution is 2.27. The highest BCUT2D eigenvalue weighted by Gasteiger charge is 2.32. The lowest BCUT2D eigenvalue weighted by Gasteiger charge is -2.36. The van der Waals surface area contributed by atoms with Gasteiger partial charge in [0.2, 0.25) is 0 Å². The van der Waals surface area contributed by atoms with Crippen molar-refractivity contribution in [3.8, 4) is 0 Å². The molecule has 0 rings (SSSR count). The van der Waals surface area contributed by atoms with Crippen molar-refractivity contribution in [2.45, 2.75) is 104 Å². The van der Waals surface area contributed by atoms with E-state index >= 15 is 0 Å². The molecule has 24 heavy (non-hydrogen) atoms. The number of rotatable bonds is 12. The number of ether oxygens (including phenoxy) is 3. The Morgan fingerprint density at radius 1 is 0.708 bits per heavy atom. The Balaban J connectivity index is 4.90. The van der Waals surface area contributed by atoms with Gasteiger partial charge in [0.1, 0.15) is 0 Å². The summed E-state index contributed by atoms with van der Waals surface area (Å²) < 4.78 is 17.7. The van der Waals surface area contributed by atoms with Crippen molar-refractivity contribution in [1.82, 2.24) is 0 Å². The van der Waals surface area contributed by atoms with Gasteiger partial charge in [-0.15, -0.1) is 0 Å². The van der Waals surface area contributed by atoms with E-state index in [-0.39, 0.29) is 24.9 Å². The van der Waals surface area contributed by atoms with Crippen LogP contribution in [-0.2, 0) is 14.2 Å². The van der Waals surface area contributed by atoms with E-state index in [2.05, 4.69) is 0 Å². The lowest BCUT2D eigenvalue weighted by atomic mass is 9.91. The lowest BCUT2D eigenvalue weighted by Crippen LogP contribution is -2.41. The summed E-state index contributed by atoms with van der Waals surface area (Å²) in [5.41, 5.74) is -2.52. The zero-order valence-corrected chi connectivity index (χ0v) is 17.2. The molecule has 0 saturated heterocycles. The van der Waals surface area contributed by atoms with Crippen LogP contribution in [0.3, 0.4) is 0 Å². The summed E-state index contributed by atoms with van der Waals surface area (Å²) in [5.74, 6) is 0. The van der Waals surface area contributed by atoms with Crippen LogP contribution < -0.4 is 0 Å². The Bertz CT molecular complexity index is 350. The van der Waals surface area contributed by atoms with E-state index in [0.29, 0.717) is 19.4 Å². The summed E-state index contributed by atoms with van der Waals surface area (Å²) in [5, 5.41) is 19.8.